The lowest BCUT2D eigenvalue weighted by Crippen LogP contribution is -2.33. The minimum absolute atomic E-state index is 0.108. The van der Waals surface area contributed by atoms with Crippen molar-refractivity contribution in [3.05, 3.63) is 0 Å². The Bertz CT molecular complexity index is 159. The normalized spacial score (nSPS) is 11.5. The van der Waals surface area contributed by atoms with Gasteiger partial charge in [0.15, 0.2) is 0 Å². The molecule has 0 aliphatic rings. The van der Waals surface area contributed by atoms with Crippen molar-refractivity contribution in [2.75, 3.05) is 13.2 Å². The number of rotatable bonds is 3. The molecule has 78 valence electrons. The van der Waals surface area contributed by atoms with Crippen LogP contribution in [-0.2, 0) is 4.74 Å². The zero-order valence-corrected chi connectivity index (χ0v) is 9.31. The molecule has 0 heterocycles. The second-order valence-electron chi connectivity index (χ2n) is 4.91. The van der Waals surface area contributed by atoms with Gasteiger partial charge in [0, 0.05) is 6.54 Å². The van der Waals surface area contributed by atoms with Crippen molar-refractivity contribution in [2.24, 2.45) is 11.3 Å². The maximum atomic E-state index is 11.1. The highest BCUT2D eigenvalue weighted by Gasteiger charge is 2.12. The van der Waals surface area contributed by atoms with E-state index in [0.717, 1.165) is 0 Å². The predicted octanol–water partition coefficient (Wildman–Crippen LogP) is 2.41. The van der Waals surface area contributed by atoms with E-state index in [-0.39, 0.29) is 11.5 Å². The van der Waals surface area contributed by atoms with Gasteiger partial charge in [0.05, 0.1) is 6.61 Å². The number of ether oxygens (including phenoxy) is 1. The van der Waals surface area contributed by atoms with Crippen molar-refractivity contribution in [3.63, 3.8) is 0 Å². The molecule has 0 aromatic heterocycles. The fourth-order valence-corrected chi connectivity index (χ4v) is 0.631. The largest absolute Gasteiger partial charge is 0.449 e. The number of hydrogen-bond acceptors (Lipinski definition) is 2. The van der Waals surface area contributed by atoms with E-state index in [1.165, 1.54) is 0 Å². The zero-order chi connectivity index (χ0) is 10.5. The third-order valence-electron chi connectivity index (χ3n) is 1.31. The molecule has 0 unspecified atom stereocenters. The maximum absolute atomic E-state index is 11.1. The van der Waals surface area contributed by atoms with Gasteiger partial charge in [-0.3, -0.25) is 0 Å². The summed E-state index contributed by atoms with van der Waals surface area (Å²) in [6.07, 6.45) is -0.316. The molecule has 0 rings (SSSR count). The number of amides is 1. The summed E-state index contributed by atoms with van der Waals surface area (Å²) >= 11 is 0. The van der Waals surface area contributed by atoms with Crippen molar-refractivity contribution in [1.29, 1.82) is 0 Å². The van der Waals surface area contributed by atoms with Crippen LogP contribution in [0.25, 0.3) is 0 Å². The van der Waals surface area contributed by atoms with Crippen LogP contribution in [0.2, 0.25) is 0 Å². The average molecular weight is 187 g/mol. The van der Waals surface area contributed by atoms with Gasteiger partial charge in [0.1, 0.15) is 0 Å². The number of alkyl carbamates (subject to hydrolysis) is 1. The molecule has 0 saturated heterocycles. The van der Waals surface area contributed by atoms with Gasteiger partial charge in [-0.25, -0.2) is 4.79 Å². The Labute approximate surface area is 80.8 Å². The van der Waals surface area contributed by atoms with Gasteiger partial charge >= 0.3 is 6.09 Å². The molecule has 0 radical (unpaired) electrons. The van der Waals surface area contributed by atoms with Crippen molar-refractivity contribution >= 4 is 6.09 Å². The van der Waals surface area contributed by atoms with Crippen molar-refractivity contribution < 1.29 is 9.53 Å². The maximum Gasteiger partial charge on any atom is 0.407 e. The number of nitrogens with one attached hydrogen (secondary N) is 1. The highest BCUT2D eigenvalue weighted by molar-refractivity contribution is 5.67. The van der Waals surface area contributed by atoms with Crippen LogP contribution in [0.15, 0.2) is 0 Å². The van der Waals surface area contributed by atoms with Crippen LogP contribution < -0.4 is 5.32 Å². The first-order valence-electron chi connectivity index (χ1n) is 4.72. The summed E-state index contributed by atoms with van der Waals surface area (Å²) in [5.41, 5.74) is 0.108. The highest BCUT2D eigenvalue weighted by Crippen LogP contribution is 2.10. The Morgan fingerprint density at radius 3 is 2.31 bits per heavy atom. The molecule has 0 aromatic carbocycles. The fourth-order valence-electron chi connectivity index (χ4n) is 0.631. The summed E-state index contributed by atoms with van der Waals surface area (Å²) in [6.45, 7) is 11.3. The monoisotopic (exact) mass is 187 g/mol. The first-order chi connectivity index (χ1) is 5.81. The van der Waals surface area contributed by atoms with Gasteiger partial charge < -0.3 is 10.1 Å². The Balaban J connectivity index is 3.53. The van der Waals surface area contributed by atoms with Crippen LogP contribution in [0.3, 0.4) is 0 Å². The van der Waals surface area contributed by atoms with Gasteiger partial charge in [-0.05, 0) is 11.3 Å². The minimum Gasteiger partial charge on any atom is -0.449 e. The Kier molecular flexibility index (Phi) is 4.81. The van der Waals surface area contributed by atoms with Gasteiger partial charge in [-0.2, -0.15) is 0 Å². The van der Waals surface area contributed by atoms with Crippen molar-refractivity contribution in [2.45, 2.75) is 34.6 Å². The van der Waals surface area contributed by atoms with Crippen molar-refractivity contribution in [3.8, 4) is 0 Å². The van der Waals surface area contributed by atoms with Crippen molar-refractivity contribution in [1.82, 2.24) is 5.32 Å². The summed E-state index contributed by atoms with van der Waals surface area (Å²) in [7, 11) is 0. The molecule has 1 amide bonds. The summed E-state index contributed by atoms with van der Waals surface area (Å²) in [4.78, 5) is 11.1. The van der Waals surface area contributed by atoms with Crippen LogP contribution in [0.1, 0.15) is 34.6 Å². The molecule has 0 bridgehead atoms. The van der Waals surface area contributed by atoms with Crippen LogP contribution >= 0.6 is 0 Å². The Morgan fingerprint density at radius 2 is 1.92 bits per heavy atom. The van der Waals surface area contributed by atoms with E-state index in [9.17, 15) is 4.79 Å². The molecule has 0 aliphatic heterocycles. The van der Waals surface area contributed by atoms with Gasteiger partial charge in [0.25, 0.3) is 0 Å². The lowest BCUT2D eigenvalue weighted by atomic mass is 9.97. The molecule has 0 fully saturated rings. The molecule has 0 saturated carbocycles. The predicted molar refractivity (Wildman–Crippen MR) is 53.6 cm³/mol. The number of carbonyl (C=O) groups is 1. The summed E-state index contributed by atoms with van der Waals surface area (Å²) in [6, 6.07) is 0. The van der Waals surface area contributed by atoms with Gasteiger partial charge in [0.2, 0.25) is 0 Å². The first kappa shape index (κ1) is 12.3. The molecule has 0 aromatic rings. The quantitative estimate of drug-likeness (QED) is 0.736. The third-order valence-corrected chi connectivity index (χ3v) is 1.31. The Hall–Kier alpha value is -0.730. The van der Waals surface area contributed by atoms with Crippen LogP contribution in [0.4, 0.5) is 4.79 Å². The Morgan fingerprint density at radius 1 is 1.38 bits per heavy atom. The number of hydrogen-bond donors (Lipinski definition) is 1. The minimum atomic E-state index is -0.316. The first-order valence-corrected chi connectivity index (χ1v) is 4.72. The molecule has 1 N–H and O–H groups in total. The molecular weight excluding hydrogens is 166 g/mol. The molecule has 0 aliphatic carbocycles. The molecular formula is C10H21NO2. The van der Waals surface area contributed by atoms with E-state index in [4.69, 9.17) is 4.74 Å². The van der Waals surface area contributed by atoms with E-state index >= 15 is 0 Å². The molecule has 0 atom stereocenters. The van der Waals surface area contributed by atoms with Gasteiger partial charge in [-0.15, -0.1) is 0 Å². The molecule has 0 spiro atoms. The second kappa shape index (κ2) is 5.10. The van der Waals surface area contributed by atoms with Crippen LogP contribution in [0, 0.1) is 11.3 Å². The lowest BCUT2D eigenvalue weighted by molar-refractivity contribution is 0.129. The van der Waals surface area contributed by atoms with E-state index in [1.54, 1.807) is 0 Å². The standard InChI is InChI=1S/C10H21NO2/c1-8(2)6-13-9(12)11-7-10(3,4)5/h8H,6-7H2,1-5H3,(H,11,12). The summed E-state index contributed by atoms with van der Waals surface area (Å²) < 4.78 is 4.95. The van der Waals surface area contributed by atoms with Gasteiger partial charge in [-0.1, -0.05) is 34.6 Å². The zero-order valence-electron chi connectivity index (χ0n) is 9.31. The second-order valence-corrected chi connectivity index (χ2v) is 4.91. The third kappa shape index (κ3) is 9.18. The SMILES string of the molecule is CC(C)COC(=O)NCC(C)(C)C. The molecule has 3 nitrogen and oxygen atoms in total. The summed E-state index contributed by atoms with van der Waals surface area (Å²) in [5, 5.41) is 2.72. The van der Waals surface area contributed by atoms with Crippen LogP contribution in [0.5, 0.6) is 0 Å². The number of carbonyl (C=O) groups excluding carboxylic acids is 1. The van der Waals surface area contributed by atoms with E-state index < -0.39 is 0 Å². The average Bonchev–Trinajstić information content (AvgIpc) is 1.95. The van der Waals surface area contributed by atoms with E-state index in [0.29, 0.717) is 19.1 Å². The fraction of sp³-hybridized carbons (Fsp3) is 0.900. The summed E-state index contributed by atoms with van der Waals surface area (Å²) in [5.74, 6) is 0.389. The lowest BCUT2D eigenvalue weighted by Gasteiger charge is -2.18. The smallest absolute Gasteiger partial charge is 0.407 e. The van der Waals surface area contributed by atoms with E-state index in [2.05, 4.69) is 26.1 Å². The molecule has 3 heteroatoms. The topological polar surface area (TPSA) is 38.3 Å². The molecule has 13 heavy (non-hydrogen) atoms. The van der Waals surface area contributed by atoms with Crippen LogP contribution in [-0.4, -0.2) is 19.2 Å². The van der Waals surface area contributed by atoms with E-state index in [1.807, 2.05) is 13.8 Å². The highest BCUT2D eigenvalue weighted by atomic mass is 16.5.